The van der Waals surface area contributed by atoms with Gasteiger partial charge >= 0.3 is 0 Å². The Morgan fingerprint density at radius 1 is 1.60 bits per heavy atom. The first kappa shape index (κ1) is 10.2. The normalized spacial score (nSPS) is 26.2. The van der Waals surface area contributed by atoms with Crippen LogP contribution < -0.4 is 5.32 Å². The van der Waals surface area contributed by atoms with Gasteiger partial charge in [-0.25, -0.2) is 0 Å². The molecule has 1 fully saturated rings. The quantitative estimate of drug-likeness (QED) is 0.630. The van der Waals surface area contributed by atoms with Crippen LogP contribution in [0.5, 0.6) is 0 Å². The van der Waals surface area contributed by atoms with Crippen LogP contribution in [0.15, 0.2) is 11.6 Å². The zero-order valence-electron chi connectivity index (χ0n) is 8.95. The van der Waals surface area contributed by atoms with E-state index in [0.29, 0.717) is 19.5 Å². The number of carbonyl (C=O) groups is 2. The van der Waals surface area contributed by atoms with Crippen LogP contribution in [-0.2, 0) is 9.59 Å². The highest BCUT2D eigenvalue weighted by Gasteiger charge is 2.31. The van der Waals surface area contributed by atoms with Gasteiger partial charge in [0, 0.05) is 26.1 Å². The number of nitrogens with zero attached hydrogens (tertiary/aromatic N) is 1. The fourth-order valence-corrected chi connectivity index (χ4v) is 2.01. The van der Waals surface area contributed by atoms with Gasteiger partial charge in [-0.15, -0.1) is 0 Å². The Labute approximate surface area is 89.3 Å². The molecule has 0 bridgehead atoms. The highest BCUT2D eigenvalue weighted by atomic mass is 16.2. The minimum Gasteiger partial charge on any atom is -0.355 e. The molecule has 0 spiro atoms. The highest BCUT2D eigenvalue weighted by molar-refractivity contribution is 5.89. The third-order valence-corrected chi connectivity index (χ3v) is 3.07. The van der Waals surface area contributed by atoms with Crippen molar-refractivity contribution in [1.82, 2.24) is 10.2 Å². The lowest BCUT2D eigenvalue weighted by atomic mass is 10.0. The summed E-state index contributed by atoms with van der Waals surface area (Å²) in [4.78, 5) is 24.8. The van der Waals surface area contributed by atoms with Crippen LogP contribution in [0.3, 0.4) is 0 Å². The molecule has 2 heterocycles. The Kier molecular flexibility index (Phi) is 2.75. The van der Waals surface area contributed by atoms with Gasteiger partial charge < -0.3 is 10.2 Å². The Morgan fingerprint density at radius 2 is 2.40 bits per heavy atom. The lowest BCUT2D eigenvalue weighted by molar-refractivity contribution is -0.135. The summed E-state index contributed by atoms with van der Waals surface area (Å²) in [6.45, 7) is 4.10. The van der Waals surface area contributed by atoms with Crippen molar-refractivity contribution >= 4 is 11.8 Å². The Morgan fingerprint density at radius 3 is 2.93 bits per heavy atom. The first-order valence-corrected chi connectivity index (χ1v) is 5.38. The topological polar surface area (TPSA) is 49.4 Å². The Bertz CT molecular complexity index is 323. The summed E-state index contributed by atoms with van der Waals surface area (Å²) in [5, 5.41) is 2.70. The highest BCUT2D eigenvalue weighted by Crippen LogP contribution is 2.16. The van der Waals surface area contributed by atoms with Gasteiger partial charge in [-0.1, -0.05) is 11.6 Å². The molecule has 2 rings (SSSR count). The number of hydrogen-bond acceptors (Lipinski definition) is 2. The van der Waals surface area contributed by atoms with Crippen LogP contribution in [0.1, 0.15) is 19.8 Å². The summed E-state index contributed by atoms with van der Waals surface area (Å²) in [5.41, 5.74) is 1.35. The fraction of sp³-hybridized carbons (Fsp3) is 0.636. The van der Waals surface area contributed by atoms with Gasteiger partial charge in [0.05, 0.1) is 5.92 Å². The van der Waals surface area contributed by atoms with Gasteiger partial charge in [0.2, 0.25) is 11.8 Å². The maximum Gasteiger partial charge on any atom is 0.228 e. The monoisotopic (exact) mass is 208 g/mol. The molecule has 15 heavy (non-hydrogen) atoms. The van der Waals surface area contributed by atoms with E-state index in [9.17, 15) is 9.59 Å². The maximum absolute atomic E-state index is 12.0. The molecule has 0 aromatic heterocycles. The third-order valence-electron chi connectivity index (χ3n) is 3.07. The van der Waals surface area contributed by atoms with Gasteiger partial charge in [0.25, 0.3) is 0 Å². The van der Waals surface area contributed by atoms with Crippen molar-refractivity contribution in [3.8, 4) is 0 Å². The average Bonchev–Trinajstić information content (AvgIpc) is 2.65. The molecule has 1 atom stereocenters. The molecule has 0 aliphatic carbocycles. The molecule has 82 valence electrons. The van der Waals surface area contributed by atoms with Crippen molar-refractivity contribution in [1.29, 1.82) is 0 Å². The van der Waals surface area contributed by atoms with Crippen LogP contribution in [0.4, 0.5) is 0 Å². The van der Waals surface area contributed by atoms with Crippen molar-refractivity contribution in [2.75, 3.05) is 19.6 Å². The minimum atomic E-state index is -0.135. The number of rotatable bonds is 1. The smallest absolute Gasteiger partial charge is 0.228 e. The summed E-state index contributed by atoms with van der Waals surface area (Å²) in [7, 11) is 0. The van der Waals surface area contributed by atoms with E-state index in [-0.39, 0.29) is 17.7 Å². The van der Waals surface area contributed by atoms with Gasteiger partial charge in [-0.05, 0) is 13.3 Å². The first-order chi connectivity index (χ1) is 7.16. The van der Waals surface area contributed by atoms with Crippen molar-refractivity contribution in [3.05, 3.63) is 11.6 Å². The Balaban J connectivity index is 1.94. The van der Waals surface area contributed by atoms with Gasteiger partial charge in [0.1, 0.15) is 0 Å². The summed E-state index contributed by atoms with van der Waals surface area (Å²) >= 11 is 0. The van der Waals surface area contributed by atoms with Crippen LogP contribution in [0.2, 0.25) is 0 Å². The lowest BCUT2D eigenvalue weighted by Gasteiger charge is -2.27. The van der Waals surface area contributed by atoms with Crippen LogP contribution in [0, 0.1) is 5.92 Å². The van der Waals surface area contributed by atoms with Gasteiger partial charge in [0.15, 0.2) is 0 Å². The van der Waals surface area contributed by atoms with E-state index in [0.717, 1.165) is 13.0 Å². The summed E-state index contributed by atoms with van der Waals surface area (Å²) in [6.07, 6.45) is 3.41. The summed E-state index contributed by atoms with van der Waals surface area (Å²) < 4.78 is 0. The van der Waals surface area contributed by atoms with E-state index >= 15 is 0 Å². The predicted octanol–water partition coefficient (Wildman–Crippen LogP) is 0.301. The third kappa shape index (κ3) is 2.19. The van der Waals surface area contributed by atoms with Crippen molar-refractivity contribution in [2.24, 2.45) is 5.92 Å². The van der Waals surface area contributed by atoms with Crippen LogP contribution in [0.25, 0.3) is 0 Å². The van der Waals surface area contributed by atoms with Gasteiger partial charge in [-0.2, -0.15) is 0 Å². The molecule has 0 saturated carbocycles. The summed E-state index contributed by atoms with van der Waals surface area (Å²) in [6, 6.07) is 0. The van der Waals surface area contributed by atoms with E-state index in [2.05, 4.69) is 18.3 Å². The maximum atomic E-state index is 12.0. The molecule has 4 heteroatoms. The molecule has 0 radical (unpaired) electrons. The molecule has 2 aliphatic heterocycles. The molecule has 2 amide bonds. The van der Waals surface area contributed by atoms with Crippen molar-refractivity contribution in [3.63, 3.8) is 0 Å². The minimum absolute atomic E-state index is 0.00270. The molecule has 0 aromatic rings. The van der Waals surface area contributed by atoms with Gasteiger partial charge in [-0.3, -0.25) is 9.59 Å². The molecule has 1 N–H and O–H groups in total. The second kappa shape index (κ2) is 4.04. The lowest BCUT2D eigenvalue weighted by Crippen LogP contribution is -2.39. The average molecular weight is 208 g/mol. The van der Waals surface area contributed by atoms with E-state index in [1.54, 1.807) is 0 Å². The van der Waals surface area contributed by atoms with Crippen molar-refractivity contribution < 1.29 is 9.59 Å². The molecule has 2 aliphatic rings. The first-order valence-electron chi connectivity index (χ1n) is 5.38. The Hall–Kier alpha value is -1.32. The molecule has 0 aromatic carbocycles. The van der Waals surface area contributed by atoms with E-state index in [1.807, 2.05) is 4.90 Å². The standard InChI is InChI=1S/C11H16N2O2/c1-8-2-4-13(5-3-8)11(15)9-6-10(14)12-7-9/h2,9H,3-7H2,1H3,(H,12,14). The molecule has 1 saturated heterocycles. The number of nitrogens with one attached hydrogen (secondary N) is 1. The molecular formula is C11H16N2O2. The summed E-state index contributed by atoms with van der Waals surface area (Å²) in [5.74, 6) is -0.0153. The zero-order chi connectivity index (χ0) is 10.8. The second-order valence-electron chi connectivity index (χ2n) is 4.29. The number of carbonyl (C=O) groups excluding carboxylic acids is 2. The van der Waals surface area contributed by atoms with E-state index < -0.39 is 0 Å². The molecular weight excluding hydrogens is 192 g/mol. The van der Waals surface area contributed by atoms with Crippen LogP contribution >= 0.6 is 0 Å². The molecule has 4 nitrogen and oxygen atoms in total. The van der Waals surface area contributed by atoms with E-state index in [4.69, 9.17) is 0 Å². The predicted molar refractivity (Wildman–Crippen MR) is 56.1 cm³/mol. The second-order valence-corrected chi connectivity index (χ2v) is 4.29. The zero-order valence-corrected chi connectivity index (χ0v) is 8.95. The largest absolute Gasteiger partial charge is 0.355 e. The fourth-order valence-electron chi connectivity index (χ4n) is 2.01. The number of amides is 2. The molecule has 1 unspecified atom stereocenters. The van der Waals surface area contributed by atoms with Crippen LogP contribution in [-0.4, -0.2) is 36.3 Å². The van der Waals surface area contributed by atoms with E-state index in [1.165, 1.54) is 5.57 Å². The SMILES string of the molecule is CC1=CCN(C(=O)C2CNC(=O)C2)CC1. The number of hydrogen-bond donors (Lipinski definition) is 1. The van der Waals surface area contributed by atoms with Crippen molar-refractivity contribution in [2.45, 2.75) is 19.8 Å².